The number of Topliss-reactive ketones (excluding diaryl/α,β-unsaturated/α-hetero) is 1. The van der Waals surface area contributed by atoms with Gasteiger partial charge in [0.05, 0.1) is 23.8 Å². The normalized spacial score (nSPS) is 34.8. The van der Waals surface area contributed by atoms with E-state index in [4.69, 9.17) is 9.47 Å². The number of ketones is 1. The molecule has 2 bridgehead atoms. The molecule has 0 saturated heterocycles. The number of aliphatic hydroxyl groups is 2. The van der Waals surface area contributed by atoms with Crippen molar-refractivity contribution in [1.29, 1.82) is 0 Å². The van der Waals surface area contributed by atoms with E-state index in [1.807, 2.05) is 42.5 Å². The predicted octanol–water partition coefficient (Wildman–Crippen LogP) is 9.17. The molecule has 292 valence electrons. The summed E-state index contributed by atoms with van der Waals surface area (Å²) >= 11 is 0. The molecule has 6 aliphatic rings. The van der Waals surface area contributed by atoms with E-state index >= 15 is 0 Å². The van der Waals surface area contributed by atoms with Gasteiger partial charge in [0.2, 0.25) is 0 Å². The number of halogens is 3. The number of fused-ring (bicyclic) bond motifs is 2. The maximum atomic E-state index is 14.8. The SMILES string of the molecule is COCCCN(C[C@]1(O)CC[C@H]2[C@]34C=C[C@@]5(C=C3C(=O)c3cccc(C(F)(F)F)c3)CC(O)CC[C@]5(C)[C@H]4CC[C@@]21C)C(=O)Oc1ccc2ccccc2c1. The standard InChI is InChI=1S/C45H50F3NO6/c1-40-17-14-33(50)26-42(40)20-21-44(35(27-42)38(51)31-10-6-11-32(24-31)45(46,47)48)36(40)15-18-41(2)37(44)16-19-43(41,53)28-49(22-7-23-54-3)39(52)55-34-13-12-29-8-4-5-9-30(29)25-34/h4-6,8-13,20-21,24-25,27,33,36-37,50,53H,7,14-19,22-23,26,28H2,1-3H3/t33?,36-,37-,40-,41+,42+,43-,44-/m1/s1. The van der Waals surface area contributed by atoms with Crippen LogP contribution in [0.25, 0.3) is 10.8 Å². The van der Waals surface area contributed by atoms with Gasteiger partial charge in [-0.25, -0.2) is 4.79 Å². The average molecular weight is 758 g/mol. The monoisotopic (exact) mass is 757 g/mol. The first-order valence-electron chi connectivity index (χ1n) is 19.6. The molecule has 7 nitrogen and oxygen atoms in total. The molecule has 3 aromatic rings. The lowest BCUT2D eigenvalue weighted by Crippen LogP contribution is -2.67. The summed E-state index contributed by atoms with van der Waals surface area (Å²) in [6.07, 6.45) is 5.11. The third-order valence-electron chi connectivity index (χ3n) is 14.8. The fourth-order valence-electron chi connectivity index (χ4n) is 11.9. The van der Waals surface area contributed by atoms with Crippen molar-refractivity contribution >= 4 is 22.6 Å². The van der Waals surface area contributed by atoms with Gasteiger partial charge >= 0.3 is 12.3 Å². The van der Waals surface area contributed by atoms with Crippen molar-refractivity contribution in [3.63, 3.8) is 0 Å². The third kappa shape index (κ3) is 5.80. The largest absolute Gasteiger partial charge is 0.416 e. The van der Waals surface area contributed by atoms with E-state index in [2.05, 4.69) is 26.0 Å². The number of amides is 1. The summed E-state index contributed by atoms with van der Waals surface area (Å²) in [5.74, 6) is -0.334. The first-order valence-corrected chi connectivity index (χ1v) is 19.6. The minimum absolute atomic E-state index is 0.00854. The molecule has 3 saturated carbocycles. The Morgan fingerprint density at radius 1 is 0.891 bits per heavy atom. The van der Waals surface area contributed by atoms with Crippen LogP contribution in [0.5, 0.6) is 5.75 Å². The minimum atomic E-state index is -4.61. The third-order valence-corrected chi connectivity index (χ3v) is 14.8. The van der Waals surface area contributed by atoms with Crippen LogP contribution in [0, 0.1) is 33.5 Å². The lowest BCUT2D eigenvalue weighted by Gasteiger charge is -2.71. The number of hydrogen-bond donors (Lipinski definition) is 2. The lowest BCUT2D eigenvalue weighted by molar-refractivity contribution is -0.175. The van der Waals surface area contributed by atoms with Gasteiger partial charge in [-0.3, -0.25) is 4.79 Å². The molecule has 6 aliphatic carbocycles. The summed E-state index contributed by atoms with van der Waals surface area (Å²) in [6, 6.07) is 17.9. The molecule has 0 radical (unpaired) electrons. The highest BCUT2D eigenvalue weighted by Crippen LogP contribution is 2.78. The summed E-state index contributed by atoms with van der Waals surface area (Å²) in [4.78, 5) is 30.4. The van der Waals surface area contributed by atoms with Crippen LogP contribution in [-0.4, -0.2) is 65.5 Å². The van der Waals surface area contributed by atoms with Crippen molar-refractivity contribution < 1.29 is 42.4 Å². The average Bonchev–Trinajstić information content (AvgIpc) is 3.43. The van der Waals surface area contributed by atoms with Gasteiger partial charge < -0.3 is 24.6 Å². The number of nitrogens with zero attached hydrogens (tertiary/aromatic N) is 1. The van der Waals surface area contributed by atoms with E-state index in [0.29, 0.717) is 69.4 Å². The molecule has 3 aromatic carbocycles. The molecule has 8 atom stereocenters. The zero-order valence-electron chi connectivity index (χ0n) is 31.7. The molecule has 0 heterocycles. The number of carbonyl (C=O) groups is 2. The number of carbonyl (C=O) groups excluding carboxylic acids is 2. The highest BCUT2D eigenvalue weighted by Gasteiger charge is 2.74. The van der Waals surface area contributed by atoms with E-state index in [1.54, 1.807) is 18.1 Å². The van der Waals surface area contributed by atoms with Crippen molar-refractivity contribution in [3.05, 3.63) is 102 Å². The number of alkyl halides is 3. The first-order chi connectivity index (χ1) is 26.1. The molecule has 10 heteroatoms. The zero-order valence-corrected chi connectivity index (χ0v) is 31.7. The first kappa shape index (κ1) is 37.9. The topological polar surface area (TPSA) is 96.3 Å². The maximum Gasteiger partial charge on any atom is 0.416 e. The Labute approximate surface area is 320 Å². The van der Waals surface area contributed by atoms with Gasteiger partial charge in [0.1, 0.15) is 5.75 Å². The van der Waals surface area contributed by atoms with Crippen LogP contribution >= 0.6 is 0 Å². The van der Waals surface area contributed by atoms with E-state index < -0.39 is 51.6 Å². The number of benzene rings is 3. The molecule has 0 aliphatic heterocycles. The summed E-state index contributed by atoms with van der Waals surface area (Å²) in [6.45, 7) is 5.04. The Morgan fingerprint density at radius 3 is 2.38 bits per heavy atom. The summed E-state index contributed by atoms with van der Waals surface area (Å²) in [5, 5.41) is 25.9. The maximum absolute atomic E-state index is 14.8. The van der Waals surface area contributed by atoms with Crippen molar-refractivity contribution in [2.24, 2.45) is 33.5 Å². The summed E-state index contributed by atoms with van der Waals surface area (Å²) < 4.78 is 53.0. The second-order valence-corrected chi connectivity index (χ2v) is 17.4. The van der Waals surface area contributed by atoms with Crippen LogP contribution in [0.3, 0.4) is 0 Å². The molecule has 2 N–H and O–H groups in total. The van der Waals surface area contributed by atoms with Crippen LogP contribution in [0.2, 0.25) is 0 Å². The molecule has 3 fully saturated rings. The van der Waals surface area contributed by atoms with E-state index in [1.165, 1.54) is 12.1 Å². The Morgan fingerprint density at radius 2 is 1.62 bits per heavy atom. The molecule has 0 aromatic heterocycles. The number of hydrogen-bond acceptors (Lipinski definition) is 6. The summed E-state index contributed by atoms with van der Waals surface area (Å²) in [5.41, 5.74) is -4.37. The van der Waals surface area contributed by atoms with Crippen LogP contribution in [0.4, 0.5) is 18.0 Å². The molecular weight excluding hydrogens is 707 g/mol. The molecule has 9 rings (SSSR count). The minimum Gasteiger partial charge on any atom is -0.410 e. The van der Waals surface area contributed by atoms with Gasteiger partial charge in [-0.1, -0.05) is 74.5 Å². The van der Waals surface area contributed by atoms with Gasteiger partial charge in [-0.2, -0.15) is 13.2 Å². The van der Waals surface area contributed by atoms with E-state index in [9.17, 15) is 33.0 Å². The summed E-state index contributed by atoms with van der Waals surface area (Å²) in [7, 11) is 1.60. The van der Waals surface area contributed by atoms with Crippen molar-refractivity contribution in [3.8, 4) is 5.75 Å². The van der Waals surface area contributed by atoms with Crippen molar-refractivity contribution in [1.82, 2.24) is 4.90 Å². The quantitative estimate of drug-likeness (QED) is 0.128. The highest BCUT2D eigenvalue weighted by molar-refractivity contribution is 6.10. The van der Waals surface area contributed by atoms with Crippen LogP contribution in [0.1, 0.15) is 81.1 Å². The molecule has 1 amide bonds. The Bertz CT molecular complexity index is 2080. The van der Waals surface area contributed by atoms with E-state index in [0.717, 1.165) is 29.3 Å². The fraction of sp³-hybridized carbons (Fsp3) is 0.511. The number of methoxy groups -OCH3 is 1. The Balaban J connectivity index is 1.16. The van der Waals surface area contributed by atoms with Crippen LogP contribution in [0.15, 0.2) is 90.5 Å². The molecule has 2 spiro atoms. The second-order valence-electron chi connectivity index (χ2n) is 17.4. The number of rotatable bonds is 9. The van der Waals surface area contributed by atoms with Gasteiger partial charge in [0.15, 0.2) is 5.78 Å². The van der Waals surface area contributed by atoms with Gasteiger partial charge in [-0.15, -0.1) is 0 Å². The number of aliphatic hydroxyl groups excluding tert-OH is 1. The molecule has 1 unspecified atom stereocenters. The van der Waals surface area contributed by atoms with Crippen LogP contribution in [-0.2, 0) is 10.9 Å². The lowest BCUT2D eigenvalue weighted by atomic mass is 9.32. The number of allylic oxidation sites excluding steroid dienone is 4. The van der Waals surface area contributed by atoms with E-state index in [-0.39, 0.29) is 29.4 Å². The Kier molecular flexibility index (Phi) is 9.17. The van der Waals surface area contributed by atoms with Gasteiger partial charge in [-0.05, 0) is 104 Å². The van der Waals surface area contributed by atoms with Gasteiger partial charge in [0, 0.05) is 47.6 Å². The smallest absolute Gasteiger partial charge is 0.410 e. The van der Waals surface area contributed by atoms with Crippen molar-refractivity contribution in [2.45, 2.75) is 83.1 Å². The Hall–Kier alpha value is -3.99. The molecule has 55 heavy (non-hydrogen) atoms. The van der Waals surface area contributed by atoms with Crippen molar-refractivity contribution in [2.75, 3.05) is 26.8 Å². The second kappa shape index (κ2) is 13.3. The van der Waals surface area contributed by atoms with Gasteiger partial charge in [0.25, 0.3) is 0 Å². The predicted molar refractivity (Wildman–Crippen MR) is 202 cm³/mol. The highest BCUT2D eigenvalue weighted by atomic mass is 19.4. The number of ether oxygens (including phenoxy) is 2. The fourth-order valence-corrected chi connectivity index (χ4v) is 11.9. The molecular formula is C45H50F3NO6. The van der Waals surface area contributed by atoms with Crippen LogP contribution < -0.4 is 4.74 Å². The zero-order chi connectivity index (χ0) is 39.0.